The topological polar surface area (TPSA) is 63.2 Å². The van der Waals surface area contributed by atoms with Crippen LogP contribution in [0.3, 0.4) is 0 Å². The molecule has 6 nitrogen and oxygen atoms in total. The average molecular weight is 347 g/mol. The first-order valence-corrected chi connectivity index (χ1v) is 8.87. The first-order chi connectivity index (χ1) is 12.2. The van der Waals surface area contributed by atoms with Gasteiger partial charge in [-0.1, -0.05) is 24.3 Å². The second kappa shape index (κ2) is 10.0. The van der Waals surface area contributed by atoms with E-state index in [0.29, 0.717) is 26.3 Å². The van der Waals surface area contributed by atoms with E-state index >= 15 is 0 Å². The highest BCUT2D eigenvalue weighted by Gasteiger charge is 2.28. The highest BCUT2D eigenvalue weighted by atomic mass is 16.5. The van der Waals surface area contributed by atoms with Crippen molar-refractivity contribution < 1.29 is 14.3 Å². The Kier molecular flexibility index (Phi) is 7.73. The van der Waals surface area contributed by atoms with Crippen LogP contribution in [0.25, 0.3) is 0 Å². The van der Waals surface area contributed by atoms with Crippen LogP contribution in [-0.4, -0.2) is 50.7 Å². The van der Waals surface area contributed by atoms with E-state index in [2.05, 4.69) is 33.4 Å². The predicted molar refractivity (Wildman–Crippen MR) is 98.3 cm³/mol. The Morgan fingerprint density at radius 1 is 1.40 bits per heavy atom. The van der Waals surface area contributed by atoms with Gasteiger partial charge in [-0.3, -0.25) is 9.79 Å². The second-order valence-corrected chi connectivity index (χ2v) is 6.19. The zero-order chi connectivity index (χ0) is 18.1. The minimum absolute atomic E-state index is 0.0720. The summed E-state index contributed by atoms with van der Waals surface area (Å²) in [7, 11) is 3.47. The molecule has 1 heterocycles. The summed E-state index contributed by atoms with van der Waals surface area (Å²) in [4.78, 5) is 18.5. The van der Waals surface area contributed by atoms with Crippen molar-refractivity contribution in [3.63, 3.8) is 0 Å². The third-order valence-corrected chi connectivity index (χ3v) is 4.31. The summed E-state index contributed by atoms with van der Waals surface area (Å²) in [6, 6.07) is 8.29. The van der Waals surface area contributed by atoms with E-state index < -0.39 is 0 Å². The number of esters is 1. The molecular formula is C19H29N3O3. The number of nitrogens with zero attached hydrogens (tertiary/aromatic N) is 2. The first-order valence-electron chi connectivity index (χ1n) is 8.87. The van der Waals surface area contributed by atoms with E-state index in [-0.39, 0.29) is 11.9 Å². The number of methoxy groups -OCH3 is 1. The quantitative estimate of drug-likeness (QED) is 0.485. The number of hydrogen-bond donors (Lipinski definition) is 1. The lowest BCUT2D eigenvalue weighted by Gasteiger charge is -2.34. The summed E-state index contributed by atoms with van der Waals surface area (Å²) in [5, 5.41) is 3.40. The number of piperidine rings is 1. The predicted octanol–water partition coefficient (Wildman–Crippen LogP) is 2.18. The largest absolute Gasteiger partial charge is 0.466 e. The third kappa shape index (κ3) is 5.74. The molecule has 1 aromatic carbocycles. The number of guanidine groups is 1. The summed E-state index contributed by atoms with van der Waals surface area (Å²) in [6.07, 6.45) is 1.85. The summed E-state index contributed by atoms with van der Waals surface area (Å²) in [5.74, 6) is 0.651. The first kappa shape index (κ1) is 19.2. The Balaban J connectivity index is 1.93. The molecule has 138 valence electrons. The van der Waals surface area contributed by atoms with Gasteiger partial charge in [0.15, 0.2) is 5.96 Å². The highest BCUT2D eigenvalue weighted by molar-refractivity contribution is 5.81. The van der Waals surface area contributed by atoms with Crippen LogP contribution in [0.1, 0.15) is 30.9 Å². The van der Waals surface area contributed by atoms with Crippen LogP contribution in [0.2, 0.25) is 0 Å². The Bertz CT molecular complexity index is 589. The van der Waals surface area contributed by atoms with Crippen LogP contribution >= 0.6 is 0 Å². The van der Waals surface area contributed by atoms with E-state index in [1.54, 1.807) is 14.2 Å². The van der Waals surface area contributed by atoms with Gasteiger partial charge in [-0.2, -0.15) is 0 Å². The van der Waals surface area contributed by atoms with Gasteiger partial charge < -0.3 is 19.7 Å². The molecule has 0 amide bonds. The van der Waals surface area contributed by atoms with Crippen molar-refractivity contribution in [2.24, 2.45) is 10.9 Å². The smallest absolute Gasteiger partial charge is 0.310 e. The Morgan fingerprint density at radius 2 is 2.20 bits per heavy atom. The molecule has 1 aliphatic heterocycles. The number of hydrogen-bond acceptors (Lipinski definition) is 4. The molecule has 0 spiro atoms. The molecule has 0 aliphatic carbocycles. The molecule has 1 atom stereocenters. The number of aliphatic imine (C=N–C) groups is 1. The number of ether oxygens (including phenoxy) is 2. The van der Waals surface area contributed by atoms with Gasteiger partial charge in [-0.05, 0) is 30.9 Å². The maximum Gasteiger partial charge on any atom is 0.310 e. The van der Waals surface area contributed by atoms with Crippen molar-refractivity contribution in [3.05, 3.63) is 35.4 Å². The van der Waals surface area contributed by atoms with E-state index in [1.165, 1.54) is 5.56 Å². The lowest BCUT2D eigenvalue weighted by atomic mass is 9.98. The van der Waals surface area contributed by atoms with Crippen LogP contribution in [0.15, 0.2) is 29.3 Å². The maximum atomic E-state index is 12.0. The SMILES string of the molecule is CCOC(=O)C1CCCN(C(=NC)NCc2cccc(COC)c2)C1. The summed E-state index contributed by atoms with van der Waals surface area (Å²) >= 11 is 0. The molecule has 6 heteroatoms. The highest BCUT2D eigenvalue weighted by Crippen LogP contribution is 2.18. The number of nitrogens with one attached hydrogen (secondary N) is 1. The summed E-state index contributed by atoms with van der Waals surface area (Å²) < 4.78 is 10.4. The average Bonchev–Trinajstić information content (AvgIpc) is 2.63. The third-order valence-electron chi connectivity index (χ3n) is 4.31. The molecule has 1 aromatic rings. The molecule has 0 aromatic heterocycles. The van der Waals surface area contributed by atoms with Gasteiger partial charge in [0.05, 0.1) is 19.1 Å². The van der Waals surface area contributed by atoms with Crippen molar-refractivity contribution in [2.75, 3.05) is 33.9 Å². The number of rotatable bonds is 6. The lowest BCUT2D eigenvalue weighted by Crippen LogP contribution is -2.48. The van der Waals surface area contributed by atoms with E-state index in [4.69, 9.17) is 9.47 Å². The Labute approximate surface area is 150 Å². The number of carbonyl (C=O) groups is 1. The molecule has 2 rings (SSSR count). The van der Waals surface area contributed by atoms with Gasteiger partial charge in [0.25, 0.3) is 0 Å². The van der Waals surface area contributed by atoms with Crippen LogP contribution in [-0.2, 0) is 27.4 Å². The number of likely N-dealkylation sites (tertiary alicyclic amines) is 1. The molecule has 0 saturated carbocycles. The maximum absolute atomic E-state index is 12.0. The van der Waals surface area contributed by atoms with Crippen LogP contribution in [0, 0.1) is 5.92 Å². The van der Waals surface area contributed by atoms with Gasteiger partial charge >= 0.3 is 5.97 Å². The Morgan fingerprint density at radius 3 is 2.92 bits per heavy atom. The normalized spacial score (nSPS) is 18.1. The van der Waals surface area contributed by atoms with Crippen molar-refractivity contribution >= 4 is 11.9 Å². The minimum Gasteiger partial charge on any atom is -0.466 e. The zero-order valence-electron chi connectivity index (χ0n) is 15.5. The minimum atomic E-state index is -0.102. The second-order valence-electron chi connectivity index (χ2n) is 6.19. The van der Waals surface area contributed by atoms with Crippen LogP contribution < -0.4 is 5.32 Å². The van der Waals surface area contributed by atoms with Gasteiger partial charge in [-0.15, -0.1) is 0 Å². The summed E-state index contributed by atoms with van der Waals surface area (Å²) in [6.45, 7) is 5.12. The standard InChI is InChI=1S/C19H29N3O3/c1-4-25-18(23)17-9-6-10-22(13-17)19(20-2)21-12-15-7-5-8-16(11-15)14-24-3/h5,7-8,11,17H,4,6,9-10,12-14H2,1-3H3,(H,20,21). The molecule has 1 fully saturated rings. The molecule has 25 heavy (non-hydrogen) atoms. The molecular weight excluding hydrogens is 318 g/mol. The van der Waals surface area contributed by atoms with Crippen molar-refractivity contribution in [1.82, 2.24) is 10.2 Å². The fourth-order valence-corrected chi connectivity index (χ4v) is 3.13. The van der Waals surface area contributed by atoms with Crippen molar-refractivity contribution in [1.29, 1.82) is 0 Å². The van der Waals surface area contributed by atoms with Crippen molar-refractivity contribution in [2.45, 2.75) is 32.9 Å². The fourth-order valence-electron chi connectivity index (χ4n) is 3.13. The zero-order valence-corrected chi connectivity index (χ0v) is 15.5. The molecule has 0 radical (unpaired) electrons. The fraction of sp³-hybridized carbons (Fsp3) is 0.579. The van der Waals surface area contributed by atoms with Crippen LogP contribution in [0.4, 0.5) is 0 Å². The number of benzene rings is 1. The van der Waals surface area contributed by atoms with Crippen LogP contribution in [0.5, 0.6) is 0 Å². The van der Waals surface area contributed by atoms with E-state index in [1.807, 2.05) is 13.0 Å². The lowest BCUT2D eigenvalue weighted by molar-refractivity contribution is -0.149. The van der Waals surface area contributed by atoms with E-state index in [0.717, 1.165) is 30.9 Å². The monoisotopic (exact) mass is 347 g/mol. The van der Waals surface area contributed by atoms with Gasteiger partial charge in [-0.25, -0.2) is 0 Å². The van der Waals surface area contributed by atoms with Gasteiger partial charge in [0, 0.05) is 33.8 Å². The van der Waals surface area contributed by atoms with Crippen molar-refractivity contribution in [3.8, 4) is 0 Å². The summed E-state index contributed by atoms with van der Waals surface area (Å²) in [5.41, 5.74) is 2.33. The Hall–Kier alpha value is -2.08. The molecule has 1 N–H and O–H groups in total. The molecule has 1 saturated heterocycles. The molecule has 0 bridgehead atoms. The number of carbonyl (C=O) groups excluding carboxylic acids is 1. The molecule has 1 aliphatic rings. The van der Waals surface area contributed by atoms with Gasteiger partial charge in [0.1, 0.15) is 0 Å². The molecule has 1 unspecified atom stereocenters. The van der Waals surface area contributed by atoms with Gasteiger partial charge in [0.2, 0.25) is 0 Å². The van der Waals surface area contributed by atoms with E-state index in [9.17, 15) is 4.79 Å².